The largest absolute Gasteiger partial charge is 0.462 e. The van der Waals surface area contributed by atoms with E-state index in [1.54, 1.807) is 35.2 Å². The van der Waals surface area contributed by atoms with Gasteiger partial charge >= 0.3 is 6.01 Å². The summed E-state index contributed by atoms with van der Waals surface area (Å²) in [5, 5.41) is 11.8. The van der Waals surface area contributed by atoms with Crippen LogP contribution in [0.4, 0.5) is 14.6 Å². The Morgan fingerprint density at radius 3 is 2.79 bits per heavy atom. The van der Waals surface area contributed by atoms with E-state index in [1.807, 2.05) is 11.9 Å². The molecule has 1 amide bonds. The van der Waals surface area contributed by atoms with Crippen molar-refractivity contribution in [1.82, 2.24) is 19.8 Å². The van der Waals surface area contributed by atoms with E-state index in [2.05, 4.69) is 22.5 Å². The predicted molar refractivity (Wildman–Crippen MR) is 160 cm³/mol. The van der Waals surface area contributed by atoms with Crippen LogP contribution in [0.1, 0.15) is 19.3 Å². The van der Waals surface area contributed by atoms with Crippen LogP contribution in [-0.4, -0.2) is 77.6 Å². The monoisotopic (exact) mass is 588 g/mol. The number of nitriles is 1. The maximum Gasteiger partial charge on any atom is 0.319 e. The van der Waals surface area contributed by atoms with Gasteiger partial charge in [0, 0.05) is 57.7 Å². The van der Waals surface area contributed by atoms with Crippen LogP contribution in [-0.2, 0) is 4.79 Å². The molecule has 4 heterocycles. The number of rotatable bonds is 7. The summed E-state index contributed by atoms with van der Waals surface area (Å²) in [5.74, 6) is -0.637. The number of hydrogen-bond donors (Lipinski definition) is 0. The topological polar surface area (TPSA) is 85.6 Å². The van der Waals surface area contributed by atoms with Gasteiger partial charge in [0.25, 0.3) is 0 Å². The van der Waals surface area contributed by atoms with Gasteiger partial charge in [-0.05, 0) is 38.6 Å². The third-order valence-corrected chi connectivity index (χ3v) is 9.25. The van der Waals surface area contributed by atoms with Crippen molar-refractivity contribution in [3.63, 3.8) is 0 Å². The minimum absolute atomic E-state index is 0.0654. The molecule has 0 radical (unpaired) electrons. The number of anilines is 1. The second-order valence-corrected chi connectivity index (χ2v) is 11.6. The molecule has 2 aliphatic rings. The van der Waals surface area contributed by atoms with Crippen molar-refractivity contribution < 1.29 is 18.3 Å². The van der Waals surface area contributed by atoms with Crippen LogP contribution in [0, 0.1) is 23.0 Å². The van der Waals surface area contributed by atoms with Gasteiger partial charge < -0.3 is 19.4 Å². The van der Waals surface area contributed by atoms with Gasteiger partial charge in [-0.1, -0.05) is 30.8 Å². The molecular formula is C31H30F2N6O2S. The van der Waals surface area contributed by atoms with E-state index in [9.17, 15) is 14.4 Å². The molecule has 6 rings (SSSR count). The molecule has 0 unspecified atom stereocenters. The Morgan fingerprint density at radius 2 is 2.02 bits per heavy atom. The molecule has 8 nitrogen and oxygen atoms in total. The summed E-state index contributed by atoms with van der Waals surface area (Å²) in [7, 11) is 2.05. The number of piperazine rings is 1. The maximum atomic E-state index is 16.5. The Balaban J connectivity index is 1.44. The second kappa shape index (κ2) is 11.6. The third-order valence-electron chi connectivity index (χ3n) is 8.25. The van der Waals surface area contributed by atoms with Gasteiger partial charge in [-0.2, -0.15) is 15.2 Å². The summed E-state index contributed by atoms with van der Waals surface area (Å²) in [6.07, 6.45) is 3.46. The maximum absolute atomic E-state index is 16.5. The molecule has 2 saturated heterocycles. The molecule has 2 atom stereocenters. The van der Waals surface area contributed by atoms with E-state index in [0.717, 1.165) is 19.4 Å². The van der Waals surface area contributed by atoms with Crippen molar-refractivity contribution in [1.29, 1.82) is 5.26 Å². The van der Waals surface area contributed by atoms with E-state index in [1.165, 1.54) is 22.8 Å². The first-order chi connectivity index (χ1) is 20.4. The number of carbonyl (C=O) groups is 1. The van der Waals surface area contributed by atoms with Gasteiger partial charge in [0.05, 0.1) is 18.5 Å². The van der Waals surface area contributed by atoms with E-state index in [-0.39, 0.29) is 41.8 Å². The van der Waals surface area contributed by atoms with Gasteiger partial charge in [-0.3, -0.25) is 4.79 Å². The first-order valence-corrected chi connectivity index (χ1v) is 14.8. The smallest absolute Gasteiger partial charge is 0.319 e. The van der Waals surface area contributed by atoms with Crippen LogP contribution < -0.4 is 9.64 Å². The molecule has 0 aliphatic carbocycles. The highest BCUT2D eigenvalue weighted by atomic mass is 32.1. The highest BCUT2D eigenvalue weighted by Gasteiger charge is 2.32. The first-order valence-electron chi connectivity index (χ1n) is 13.9. The molecule has 0 saturated carbocycles. The van der Waals surface area contributed by atoms with Gasteiger partial charge in [-0.25, -0.2) is 8.78 Å². The Kier molecular flexibility index (Phi) is 7.75. The fraction of sp³-hybridized carbons (Fsp3) is 0.355. The molecule has 216 valence electrons. The Labute approximate surface area is 246 Å². The zero-order valence-electron chi connectivity index (χ0n) is 23.2. The number of aromatic nitrogens is 2. The summed E-state index contributed by atoms with van der Waals surface area (Å²) < 4.78 is 37.6. The number of fused-ring (bicyclic) bond motifs is 2. The minimum atomic E-state index is -0.547. The average molecular weight is 589 g/mol. The van der Waals surface area contributed by atoms with Crippen molar-refractivity contribution in [2.24, 2.45) is 0 Å². The molecule has 2 aromatic heterocycles. The van der Waals surface area contributed by atoms with Crippen molar-refractivity contribution in [3.8, 4) is 23.2 Å². The van der Waals surface area contributed by atoms with Gasteiger partial charge in [0.15, 0.2) is 5.82 Å². The Morgan fingerprint density at radius 1 is 1.17 bits per heavy atom. The van der Waals surface area contributed by atoms with Gasteiger partial charge in [0.2, 0.25) is 5.91 Å². The van der Waals surface area contributed by atoms with Crippen LogP contribution in [0.5, 0.6) is 6.01 Å². The number of benzene rings is 2. The zero-order valence-corrected chi connectivity index (χ0v) is 24.0. The van der Waals surface area contributed by atoms with Crippen molar-refractivity contribution >= 4 is 44.1 Å². The number of carbonyl (C=O) groups excluding carboxylic acids is 1. The van der Waals surface area contributed by atoms with Crippen LogP contribution in [0.3, 0.4) is 0 Å². The lowest BCUT2D eigenvalue weighted by atomic mass is 10.0. The highest BCUT2D eigenvalue weighted by Crippen LogP contribution is 2.39. The second-order valence-electron chi connectivity index (χ2n) is 10.7. The summed E-state index contributed by atoms with van der Waals surface area (Å²) in [5.41, 5.74) is 0.995. The fourth-order valence-corrected chi connectivity index (χ4v) is 6.92. The van der Waals surface area contributed by atoms with Crippen LogP contribution in [0.15, 0.2) is 48.4 Å². The minimum Gasteiger partial charge on any atom is -0.462 e. The van der Waals surface area contributed by atoms with Crippen LogP contribution in [0.2, 0.25) is 0 Å². The predicted octanol–water partition coefficient (Wildman–Crippen LogP) is 5.38. The first kappa shape index (κ1) is 28.0. The molecule has 11 heteroatoms. The normalized spacial score (nSPS) is 19.4. The number of likely N-dealkylation sites (N-methyl/N-ethyl adjacent to an activating group) is 1. The van der Waals surface area contributed by atoms with Crippen molar-refractivity contribution in [2.45, 2.75) is 31.3 Å². The summed E-state index contributed by atoms with van der Waals surface area (Å²) in [6.45, 7) is 6.07. The number of thiophene rings is 1. The standard InChI is InChI=1S/C31H30F2N6O2S/c1-3-26(40)39-15-14-38(16-19(39)11-12-34)30-24-10-9-21(22-7-4-8-23-25(32)18-42-29(22)23)27(33)28(24)35-31(36-30)41-17-20-6-5-13-37(20)2/h3-4,7-10,18-20H,1,5-6,11,13-17H2,2H3/t19-,20-/m0/s1. The molecule has 2 aliphatic heterocycles. The molecule has 42 heavy (non-hydrogen) atoms. The van der Waals surface area contributed by atoms with E-state index < -0.39 is 5.82 Å². The average Bonchev–Trinajstić information content (AvgIpc) is 3.60. The molecule has 0 N–H and O–H groups in total. The lowest BCUT2D eigenvalue weighted by Gasteiger charge is -2.41. The van der Waals surface area contributed by atoms with E-state index >= 15 is 4.39 Å². The third kappa shape index (κ3) is 5.05. The van der Waals surface area contributed by atoms with Crippen molar-refractivity contribution in [2.75, 3.05) is 44.7 Å². The zero-order chi connectivity index (χ0) is 29.4. The Bertz CT molecular complexity index is 1720. The summed E-state index contributed by atoms with van der Waals surface area (Å²) in [4.78, 5) is 27.6. The lowest BCUT2D eigenvalue weighted by Crippen LogP contribution is -2.55. The van der Waals surface area contributed by atoms with E-state index in [0.29, 0.717) is 58.7 Å². The van der Waals surface area contributed by atoms with Gasteiger partial charge in [0.1, 0.15) is 23.8 Å². The quantitative estimate of drug-likeness (QED) is 0.268. The highest BCUT2D eigenvalue weighted by molar-refractivity contribution is 7.17. The molecular weight excluding hydrogens is 558 g/mol. The number of nitrogens with zero attached hydrogens (tertiary/aromatic N) is 6. The van der Waals surface area contributed by atoms with Crippen LogP contribution >= 0.6 is 11.3 Å². The number of amides is 1. The fourth-order valence-electron chi connectivity index (χ4n) is 5.97. The Hall–Kier alpha value is -4.14. The SMILES string of the molecule is C=CC(=O)N1CCN(c2nc(OC[C@@H]3CCCN3C)nc3c(F)c(-c4cccc5c(F)csc45)ccc23)C[C@@H]1CC#N. The number of ether oxygens (including phenoxy) is 1. The van der Waals surface area contributed by atoms with Crippen molar-refractivity contribution in [3.05, 3.63) is 60.0 Å². The summed E-state index contributed by atoms with van der Waals surface area (Å²) in [6, 6.07) is 10.7. The van der Waals surface area contributed by atoms with Crippen LogP contribution in [0.25, 0.3) is 32.1 Å². The molecule has 4 aromatic rings. The molecule has 2 aromatic carbocycles. The van der Waals surface area contributed by atoms with E-state index in [4.69, 9.17) is 9.72 Å². The molecule has 2 fully saturated rings. The van der Waals surface area contributed by atoms with Gasteiger partial charge in [-0.15, -0.1) is 11.3 Å². The number of halogens is 2. The summed E-state index contributed by atoms with van der Waals surface area (Å²) >= 11 is 1.23. The number of likely N-dealkylation sites (tertiary alicyclic amines) is 1. The molecule has 0 bridgehead atoms. The number of hydrogen-bond acceptors (Lipinski definition) is 8. The lowest BCUT2D eigenvalue weighted by molar-refractivity contribution is -0.128. The molecule has 0 spiro atoms.